The molecule has 0 spiro atoms. The van der Waals surface area contributed by atoms with Crippen LogP contribution in [0.15, 0.2) is 11.2 Å². The van der Waals surface area contributed by atoms with Crippen LogP contribution >= 0.6 is 11.8 Å². The van der Waals surface area contributed by atoms with Gasteiger partial charge in [0.05, 0.1) is 43.2 Å². The Hall–Kier alpha value is -1.88. The van der Waals surface area contributed by atoms with E-state index in [0.29, 0.717) is 44.2 Å². The molecule has 3 aliphatic rings. The number of Topliss-reactive ketones (excluding diaryl/α,β-unsaturated/α-hetero) is 2. The van der Waals surface area contributed by atoms with E-state index >= 15 is 0 Å². The fourth-order valence-electron chi connectivity index (χ4n) is 6.06. The van der Waals surface area contributed by atoms with Crippen LogP contribution in [0.5, 0.6) is 0 Å². The molecule has 38 heavy (non-hydrogen) atoms. The zero-order valence-electron chi connectivity index (χ0n) is 23.6. The molecule has 10 heteroatoms. The lowest BCUT2D eigenvalue weighted by Crippen LogP contribution is -2.49. The first-order valence-corrected chi connectivity index (χ1v) is 15.5. The highest BCUT2D eigenvalue weighted by Gasteiger charge is 2.51. The molecule has 5 rings (SSSR count). The van der Waals surface area contributed by atoms with Crippen LogP contribution in [0.4, 0.5) is 0 Å². The molecule has 0 aromatic carbocycles. The van der Waals surface area contributed by atoms with Crippen molar-refractivity contribution >= 4 is 34.4 Å². The molecule has 0 radical (unpaired) electrons. The molecule has 0 bridgehead atoms. The number of carbonyl (C=O) groups excluding carboxylic acids is 2. The second-order valence-corrected chi connectivity index (χ2v) is 11.1. The van der Waals surface area contributed by atoms with Crippen molar-refractivity contribution in [3.63, 3.8) is 0 Å². The fraction of sp³-hybridized carbons (Fsp3) is 0.750. The van der Waals surface area contributed by atoms with Gasteiger partial charge in [0, 0.05) is 12.5 Å². The monoisotopic (exact) mass is 545 g/mol. The van der Waals surface area contributed by atoms with Gasteiger partial charge in [-0.1, -0.05) is 33.6 Å². The van der Waals surface area contributed by atoms with E-state index in [0.717, 1.165) is 49.2 Å². The molecule has 2 aliphatic heterocycles. The second kappa shape index (κ2) is 13.0. The minimum Gasteiger partial charge on any atom is -0.347 e. The molecule has 3 fully saturated rings. The van der Waals surface area contributed by atoms with Crippen molar-refractivity contribution in [3.8, 4) is 0 Å². The smallest absolute Gasteiger partial charge is 0.210 e. The number of unbranched alkanes of at least 4 members (excludes halogenated alkanes) is 1. The summed E-state index contributed by atoms with van der Waals surface area (Å²) in [7, 11) is 2.14. The van der Waals surface area contributed by atoms with Crippen molar-refractivity contribution in [2.24, 2.45) is 11.8 Å². The average Bonchev–Trinajstić information content (AvgIpc) is 3.69. The van der Waals surface area contributed by atoms with Crippen LogP contribution in [0.25, 0.3) is 11.0 Å². The number of fused-ring (bicyclic) bond motifs is 1. The Kier molecular flexibility index (Phi) is 9.95. The van der Waals surface area contributed by atoms with Gasteiger partial charge in [0.2, 0.25) is 5.78 Å². The predicted octanol–water partition coefficient (Wildman–Crippen LogP) is 4.77. The largest absolute Gasteiger partial charge is 0.347 e. The molecular weight excluding hydrogens is 502 g/mol. The summed E-state index contributed by atoms with van der Waals surface area (Å²) in [6, 6.07) is 0.395. The standard InChI is InChI=1S/C26H37N5O4S.C2H6/c1-4-5-11-26(34-13-14-35-26)20-10-6-9-18(21(20)32)22(33)23-28-24-19(25(29-23)36-3)15-27-31(24)16-17-8-7-12-30(17)2;1-2/h15,17-18,20H,4-14,16H2,1-3H3;1-2H3. The Bertz CT molecular complexity index is 1120. The summed E-state index contributed by atoms with van der Waals surface area (Å²) in [5.74, 6) is -2.35. The molecule has 0 amide bonds. The Labute approximate surface area is 230 Å². The van der Waals surface area contributed by atoms with Gasteiger partial charge in [0.1, 0.15) is 5.03 Å². The van der Waals surface area contributed by atoms with Crippen LogP contribution in [0, 0.1) is 11.8 Å². The summed E-state index contributed by atoms with van der Waals surface area (Å²) in [4.78, 5) is 39.1. The summed E-state index contributed by atoms with van der Waals surface area (Å²) < 4.78 is 14.0. The molecule has 1 saturated carbocycles. The fourth-order valence-corrected chi connectivity index (χ4v) is 6.60. The molecular formula is C28H43N5O4S. The average molecular weight is 546 g/mol. The van der Waals surface area contributed by atoms with E-state index in [-0.39, 0.29) is 17.4 Å². The van der Waals surface area contributed by atoms with Gasteiger partial charge in [-0.2, -0.15) is 5.10 Å². The Balaban J connectivity index is 0.00000164. The highest BCUT2D eigenvalue weighted by atomic mass is 32.2. The van der Waals surface area contributed by atoms with Gasteiger partial charge >= 0.3 is 0 Å². The summed E-state index contributed by atoms with van der Waals surface area (Å²) in [5, 5.41) is 6.16. The molecule has 210 valence electrons. The Morgan fingerprint density at radius 3 is 2.58 bits per heavy atom. The van der Waals surface area contributed by atoms with Gasteiger partial charge in [-0.05, 0) is 52.0 Å². The van der Waals surface area contributed by atoms with Crippen molar-refractivity contribution in [1.82, 2.24) is 24.6 Å². The van der Waals surface area contributed by atoms with Crippen LogP contribution < -0.4 is 0 Å². The van der Waals surface area contributed by atoms with Crippen LogP contribution in [-0.2, 0) is 20.8 Å². The lowest BCUT2D eigenvalue weighted by molar-refractivity contribution is -0.206. The normalized spacial score (nSPS) is 25.5. The van der Waals surface area contributed by atoms with E-state index in [9.17, 15) is 9.59 Å². The van der Waals surface area contributed by atoms with Crippen molar-refractivity contribution in [2.75, 3.05) is 33.1 Å². The Morgan fingerprint density at radius 2 is 1.92 bits per heavy atom. The number of rotatable bonds is 9. The molecule has 3 unspecified atom stereocenters. The van der Waals surface area contributed by atoms with Gasteiger partial charge in [-0.3, -0.25) is 9.59 Å². The third-order valence-corrected chi connectivity index (χ3v) is 8.80. The molecule has 2 saturated heterocycles. The van der Waals surface area contributed by atoms with Gasteiger partial charge < -0.3 is 14.4 Å². The SMILES string of the molecule is CC.CCCCC1(C2CCCC(C(=O)c3nc(SC)c4cnn(CC5CCCN5C)c4n3)C2=O)OCCO1. The highest BCUT2D eigenvalue weighted by Crippen LogP contribution is 2.42. The van der Waals surface area contributed by atoms with Crippen LogP contribution in [0.2, 0.25) is 0 Å². The minimum absolute atomic E-state index is 0.0836. The van der Waals surface area contributed by atoms with Crippen LogP contribution in [0.3, 0.4) is 0 Å². The van der Waals surface area contributed by atoms with E-state index in [1.165, 1.54) is 18.2 Å². The van der Waals surface area contributed by atoms with E-state index in [2.05, 4.69) is 29.0 Å². The number of nitrogens with zero attached hydrogens (tertiary/aromatic N) is 5. The maximum absolute atomic E-state index is 13.8. The predicted molar refractivity (Wildman–Crippen MR) is 148 cm³/mol. The number of aromatic nitrogens is 4. The van der Waals surface area contributed by atoms with E-state index in [1.54, 1.807) is 6.20 Å². The number of carbonyl (C=O) groups is 2. The van der Waals surface area contributed by atoms with Crippen LogP contribution in [0.1, 0.15) is 82.8 Å². The first-order chi connectivity index (χ1) is 18.5. The molecule has 1 aliphatic carbocycles. The third kappa shape index (κ3) is 5.69. The maximum atomic E-state index is 13.8. The van der Waals surface area contributed by atoms with Gasteiger partial charge in [0.25, 0.3) is 0 Å². The molecule has 2 aromatic heterocycles. The van der Waals surface area contributed by atoms with Gasteiger partial charge in [0.15, 0.2) is 23.0 Å². The van der Waals surface area contributed by atoms with Crippen molar-refractivity contribution in [3.05, 3.63) is 12.0 Å². The number of hydrogen-bond acceptors (Lipinski definition) is 9. The van der Waals surface area contributed by atoms with Crippen LogP contribution in [-0.4, -0.2) is 81.1 Å². The maximum Gasteiger partial charge on any atom is 0.210 e. The van der Waals surface area contributed by atoms with Crippen molar-refractivity contribution in [1.29, 1.82) is 0 Å². The van der Waals surface area contributed by atoms with E-state index in [4.69, 9.17) is 14.5 Å². The van der Waals surface area contributed by atoms with E-state index < -0.39 is 17.6 Å². The summed E-state index contributed by atoms with van der Waals surface area (Å²) in [6.45, 7) is 8.89. The first-order valence-electron chi connectivity index (χ1n) is 14.3. The number of thioether (sulfide) groups is 1. The number of hydrogen-bond donors (Lipinski definition) is 0. The summed E-state index contributed by atoms with van der Waals surface area (Å²) >= 11 is 1.47. The number of ketones is 2. The van der Waals surface area contributed by atoms with Crippen molar-refractivity contribution < 1.29 is 19.1 Å². The zero-order chi connectivity index (χ0) is 27.3. The third-order valence-electron chi connectivity index (χ3n) is 8.10. The number of ether oxygens (including phenoxy) is 2. The number of likely N-dealkylation sites (N-methyl/N-ethyl adjacent to an activating group) is 1. The summed E-state index contributed by atoms with van der Waals surface area (Å²) in [5.41, 5.74) is 0.666. The second-order valence-electron chi connectivity index (χ2n) is 10.3. The lowest BCUT2D eigenvalue weighted by Gasteiger charge is -2.38. The molecule has 9 nitrogen and oxygen atoms in total. The first kappa shape index (κ1) is 29.1. The minimum atomic E-state index is -0.896. The quantitative estimate of drug-likeness (QED) is 0.191. The zero-order valence-corrected chi connectivity index (χ0v) is 24.4. The highest BCUT2D eigenvalue weighted by molar-refractivity contribution is 7.98. The topological polar surface area (TPSA) is 99.4 Å². The van der Waals surface area contributed by atoms with E-state index in [1.807, 2.05) is 24.8 Å². The molecule has 3 atom stereocenters. The van der Waals surface area contributed by atoms with Crippen molar-refractivity contribution in [2.45, 2.75) is 95.5 Å². The molecule has 4 heterocycles. The van der Waals surface area contributed by atoms with Gasteiger partial charge in [-0.25, -0.2) is 14.6 Å². The Morgan fingerprint density at radius 1 is 1.16 bits per heavy atom. The number of likely N-dealkylation sites (tertiary alicyclic amines) is 1. The lowest BCUT2D eigenvalue weighted by atomic mass is 9.73. The molecule has 0 N–H and O–H groups in total. The molecule has 2 aromatic rings. The summed E-state index contributed by atoms with van der Waals surface area (Å²) in [6.07, 6.45) is 10.6. The van der Waals surface area contributed by atoms with Gasteiger partial charge in [-0.15, -0.1) is 11.8 Å².